The molecule has 0 saturated heterocycles. The van der Waals surface area contributed by atoms with E-state index < -0.39 is 0 Å². The van der Waals surface area contributed by atoms with Gasteiger partial charge in [-0.15, -0.1) is 0 Å². The van der Waals surface area contributed by atoms with E-state index in [9.17, 15) is 0 Å². The Kier molecular flexibility index (Phi) is 5.75. The Labute approximate surface area is 137 Å². The largest absolute Gasteiger partial charge is 0.406 e. The third kappa shape index (κ3) is 4.18. The molecule has 22 heavy (non-hydrogen) atoms. The van der Waals surface area contributed by atoms with Gasteiger partial charge in [-0.3, -0.25) is 0 Å². The van der Waals surface area contributed by atoms with Gasteiger partial charge in [-0.05, 0) is 41.7 Å². The predicted molar refractivity (Wildman–Crippen MR) is 96.5 cm³/mol. The van der Waals surface area contributed by atoms with Crippen molar-refractivity contribution in [3.05, 3.63) is 72.3 Å². The van der Waals surface area contributed by atoms with Gasteiger partial charge in [-0.1, -0.05) is 75.0 Å². The van der Waals surface area contributed by atoms with E-state index in [0.29, 0.717) is 9.76 Å². The summed E-state index contributed by atoms with van der Waals surface area (Å²) in [5.74, 6) is 0. The Hall–Kier alpha value is -1.64. The molecule has 0 amide bonds. The van der Waals surface area contributed by atoms with Crippen LogP contribution in [0.3, 0.4) is 0 Å². The monoisotopic (exact) mass is 308 g/mol. The lowest BCUT2D eigenvalue weighted by Crippen LogP contribution is -2.33. The maximum Gasteiger partial charge on any atom is 0.269 e. The molecule has 1 nitrogen and oxygen atoms in total. The Balaban J connectivity index is 2.12. The van der Waals surface area contributed by atoms with Gasteiger partial charge in [0.25, 0.3) is 9.76 Å². The third-order valence-corrected chi connectivity index (χ3v) is 5.39. The second-order valence-corrected chi connectivity index (χ2v) is 6.77. The lowest BCUT2D eigenvalue weighted by Gasteiger charge is -2.27. The standard InChI is InChI=1S/C20H24OSi/c1-5-20(4,6-2)21-22-19-14-10-13-18(15-19)16(3)17-11-8-7-9-12-17/h7-15H,3,5-6H2,1-2,4H3. The van der Waals surface area contributed by atoms with Crippen LogP contribution < -0.4 is 5.19 Å². The van der Waals surface area contributed by atoms with Crippen molar-refractivity contribution in [2.75, 3.05) is 0 Å². The Morgan fingerprint density at radius 2 is 1.64 bits per heavy atom. The van der Waals surface area contributed by atoms with E-state index >= 15 is 0 Å². The predicted octanol–water partition coefficient (Wildman–Crippen LogP) is 4.59. The van der Waals surface area contributed by atoms with Gasteiger partial charge in [0.05, 0.1) is 5.60 Å². The van der Waals surface area contributed by atoms with Gasteiger partial charge >= 0.3 is 0 Å². The van der Waals surface area contributed by atoms with E-state index in [4.69, 9.17) is 4.43 Å². The minimum absolute atomic E-state index is 0.0229. The fraction of sp³-hybridized carbons (Fsp3) is 0.300. The number of hydrogen-bond acceptors (Lipinski definition) is 1. The molecule has 2 heteroatoms. The highest BCUT2D eigenvalue weighted by Gasteiger charge is 2.20. The smallest absolute Gasteiger partial charge is 0.269 e. The van der Waals surface area contributed by atoms with Crippen LogP contribution in [0.15, 0.2) is 61.2 Å². The average molecular weight is 308 g/mol. The Morgan fingerprint density at radius 1 is 1.00 bits per heavy atom. The maximum absolute atomic E-state index is 6.15. The summed E-state index contributed by atoms with van der Waals surface area (Å²) in [4.78, 5) is 0. The molecule has 0 aliphatic heterocycles. The van der Waals surface area contributed by atoms with Crippen molar-refractivity contribution in [2.45, 2.75) is 39.2 Å². The molecule has 0 aliphatic carbocycles. The van der Waals surface area contributed by atoms with Crippen LogP contribution in [-0.2, 0) is 4.43 Å². The van der Waals surface area contributed by atoms with E-state index in [2.05, 4.69) is 63.7 Å². The SMILES string of the molecule is C=C(c1ccccc1)c1cccc([Si]OC(C)(CC)CC)c1. The Bertz CT molecular complexity index is 615. The minimum atomic E-state index is -0.0229. The zero-order chi connectivity index (χ0) is 16.0. The molecular formula is C20H24OSi. The summed E-state index contributed by atoms with van der Waals surface area (Å²) >= 11 is 0. The first-order valence-corrected chi connectivity index (χ1v) is 8.77. The molecule has 0 bridgehead atoms. The summed E-state index contributed by atoms with van der Waals surface area (Å²) in [7, 11) is 0.375. The molecule has 0 spiro atoms. The van der Waals surface area contributed by atoms with Crippen LogP contribution in [0.4, 0.5) is 0 Å². The molecule has 2 radical (unpaired) electrons. The van der Waals surface area contributed by atoms with Crippen LogP contribution in [0.25, 0.3) is 5.57 Å². The summed E-state index contributed by atoms with van der Waals surface area (Å²) in [5, 5.41) is 1.22. The van der Waals surface area contributed by atoms with E-state index in [-0.39, 0.29) is 5.60 Å². The zero-order valence-electron chi connectivity index (χ0n) is 13.7. The molecule has 0 fully saturated rings. The summed E-state index contributed by atoms with van der Waals surface area (Å²) < 4.78 is 6.15. The third-order valence-electron chi connectivity index (χ3n) is 4.24. The molecule has 0 aromatic heterocycles. The molecule has 2 aromatic rings. The van der Waals surface area contributed by atoms with Crippen LogP contribution in [0.1, 0.15) is 44.7 Å². The second-order valence-electron chi connectivity index (χ2n) is 5.79. The number of hydrogen-bond donors (Lipinski definition) is 0. The lowest BCUT2D eigenvalue weighted by molar-refractivity contribution is 0.0882. The van der Waals surface area contributed by atoms with Crippen LogP contribution >= 0.6 is 0 Å². The average Bonchev–Trinajstić information content (AvgIpc) is 2.60. The van der Waals surface area contributed by atoms with Gasteiger partial charge in [0.1, 0.15) is 0 Å². The number of benzene rings is 2. The summed E-state index contributed by atoms with van der Waals surface area (Å²) in [5.41, 5.74) is 3.36. The topological polar surface area (TPSA) is 9.23 Å². The summed E-state index contributed by atoms with van der Waals surface area (Å²) in [6.45, 7) is 10.8. The molecule has 0 heterocycles. The first kappa shape index (κ1) is 16.7. The zero-order valence-corrected chi connectivity index (χ0v) is 14.7. The molecule has 2 aromatic carbocycles. The van der Waals surface area contributed by atoms with Crippen molar-refractivity contribution < 1.29 is 4.43 Å². The van der Waals surface area contributed by atoms with Crippen LogP contribution in [0.2, 0.25) is 0 Å². The molecule has 114 valence electrons. The Morgan fingerprint density at radius 3 is 2.27 bits per heavy atom. The van der Waals surface area contributed by atoms with Gasteiger partial charge in [0.2, 0.25) is 0 Å². The van der Waals surface area contributed by atoms with Crippen LogP contribution in [0, 0.1) is 0 Å². The molecular weight excluding hydrogens is 284 g/mol. The van der Waals surface area contributed by atoms with Crippen molar-refractivity contribution in [3.8, 4) is 0 Å². The van der Waals surface area contributed by atoms with E-state index in [0.717, 1.165) is 29.5 Å². The molecule has 0 unspecified atom stereocenters. The van der Waals surface area contributed by atoms with Crippen LogP contribution in [-0.4, -0.2) is 15.4 Å². The summed E-state index contributed by atoms with van der Waals surface area (Å²) in [6, 6.07) is 18.8. The normalized spacial score (nSPS) is 11.4. The van der Waals surface area contributed by atoms with Gasteiger partial charge in [-0.25, -0.2) is 0 Å². The van der Waals surface area contributed by atoms with E-state index in [1.54, 1.807) is 0 Å². The van der Waals surface area contributed by atoms with Gasteiger partial charge in [-0.2, -0.15) is 0 Å². The van der Waals surface area contributed by atoms with Crippen molar-refractivity contribution in [2.24, 2.45) is 0 Å². The van der Waals surface area contributed by atoms with Crippen LogP contribution in [0.5, 0.6) is 0 Å². The first-order chi connectivity index (χ1) is 10.6. The fourth-order valence-corrected chi connectivity index (χ4v) is 3.18. The number of rotatable bonds is 7. The van der Waals surface area contributed by atoms with Crippen molar-refractivity contribution >= 4 is 20.5 Å². The fourth-order valence-electron chi connectivity index (χ4n) is 2.15. The van der Waals surface area contributed by atoms with Gasteiger partial charge in [0, 0.05) is 0 Å². The highest BCUT2D eigenvalue weighted by Crippen LogP contribution is 2.21. The van der Waals surface area contributed by atoms with Crippen molar-refractivity contribution in [3.63, 3.8) is 0 Å². The highest BCUT2D eigenvalue weighted by molar-refractivity contribution is 6.47. The molecule has 0 aliphatic rings. The van der Waals surface area contributed by atoms with Crippen molar-refractivity contribution in [1.29, 1.82) is 0 Å². The highest BCUT2D eigenvalue weighted by atomic mass is 28.2. The maximum atomic E-state index is 6.15. The molecule has 0 saturated carbocycles. The van der Waals surface area contributed by atoms with E-state index in [1.165, 1.54) is 5.19 Å². The van der Waals surface area contributed by atoms with Gasteiger partial charge in [0.15, 0.2) is 0 Å². The minimum Gasteiger partial charge on any atom is -0.406 e. The summed E-state index contributed by atoms with van der Waals surface area (Å²) in [6.07, 6.45) is 2.07. The quantitative estimate of drug-likeness (QED) is 0.680. The second kappa shape index (κ2) is 7.57. The first-order valence-electron chi connectivity index (χ1n) is 7.87. The molecule has 0 N–H and O–H groups in total. The van der Waals surface area contributed by atoms with Gasteiger partial charge < -0.3 is 4.43 Å². The lowest BCUT2D eigenvalue weighted by atomic mass is 10.00. The van der Waals surface area contributed by atoms with E-state index in [1.807, 2.05) is 18.2 Å². The van der Waals surface area contributed by atoms with Crippen molar-refractivity contribution in [1.82, 2.24) is 0 Å². The molecule has 2 rings (SSSR count). The molecule has 0 atom stereocenters.